The van der Waals surface area contributed by atoms with E-state index in [0.29, 0.717) is 32.7 Å². The maximum atomic E-state index is 12.5. The first-order chi connectivity index (χ1) is 14.9. The summed E-state index contributed by atoms with van der Waals surface area (Å²) in [6.45, 7) is 6.55. The molecule has 170 valence electrons. The number of imidazole rings is 1. The van der Waals surface area contributed by atoms with Gasteiger partial charge in [0.05, 0.1) is 36.9 Å². The van der Waals surface area contributed by atoms with Crippen molar-refractivity contribution < 1.29 is 13.2 Å². The van der Waals surface area contributed by atoms with Crippen LogP contribution in [0.25, 0.3) is 11.3 Å². The van der Waals surface area contributed by atoms with E-state index in [2.05, 4.69) is 25.2 Å². The molecular weight excluding hydrogens is 416 g/mol. The monoisotopic (exact) mass is 448 g/mol. The van der Waals surface area contributed by atoms with E-state index in [-0.39, 0.29) is 18.5 Å². The molecule has 0 atom stereocenters. The second-order valence-electron chi connectivity index (χ2n) is 7.63. The average Bonchev–Trinajstić information content (AvgIpc) is 3.24. The van der Waals surface area contributed by atoms with Gasteiger partial charge in [0.1, 0.15) is 5.82 Å². The number of hydrogen-bond donors (Lipinski definition) is 2. The van der Waals surface area contributed by atoms with Crippen LogP contribution in [0.5, 0.6) is 0 Å². The number of hydrogen-bond acceptors (Lipinski definition) is 5. The van der Waals surface area contributed by atoms with Gasteiger partial charge in [-0.2, -0.15) is 4.31 Å². The predicted molar refractivity (Wildman–Crippen MR) is 122 cm³/mol. The SMILES string of the molecule is CN=C(NCc1ncc(-c2ccccc2)[nH]1)N1CCN(S(=O)(=O)CCOC(C)C)CC1. The van der Waals surface area contributed by atoms with Crippen LogP contribution < -0.4 is 5.32 Å². The van der Waals surface area contributed by atoms with Crippen molar-refractivity contribution in [3.8, 4) is 11.3 Å². The Balaban J connectivity index is 1.49. The summed E-state index contributed by atoms with van der Waals surface area (Å²) in [6, 6.07) is 10.0. The molecule has 0 saturated carbocycles. The summed E-state index contributed by atoms with van der Waals surface area (Å²) in [4.78, 5) is 14.2. The van der Waals surface area contributed by atoms with Crippen molar-refractivity contribution in [3.63, 3.8) is 0 Å². The second-order valence-corrected chi connectivity index (χ2v) is 9.72. The van der Waals surface area contributed by atoms with Crippen LogP contribution in [0.1, 0.15) is 19.7 Å². The van der Waals surface area contributed by atoms with Gasteiger partial charge >= 0.3 is 0 Å². The van der Waals surface area contributed by atoms with E-state index in [0.717, 1.165) is 23.0 Å². The largest absolute Gasteiger partial charge is 0.378 e. The number of aromatic nitrogens is 2. The van der Waals surface area contributed by atoms with Crippen molar-refractivity contribution in [2.75, 3.05) is 45.6 Å². The number of guanidine groups is 1. The van der Waals surface area contributed by atoms with Gasteiger partial charge < -0.3 is 19.9 Å². The lowest BCUT2D eigenvalue weighted by atomic mass is 10.2. The highest BCUT2D eigenvalue weighted by Gasteiger charge is 2.28. The van der Waals surface area contributed by atoms with Gasteiger partial charge in [-0.1, -0.05) is 30.3 Å². The number of aliphatic imine (C=N–C) groups is 1. The third-order valence-corrected chi connectivity index (χ3v) is 6.90. The molecule has 0 spiro atoms. The standard InChI is InChI=1S/C21H32N6O3S/c1-17(2)30-13-14-31(28,29)27-11-9-26(10-12-27)21(22-3)24-16-20-23-15-19(25-20)18-7-5-4-6-8-18/h4-8,15,17H,9-14,16H2,1-3H3,(H,22,24)(H,23,25). The van der Waals surface area contributed by atoms with Gasteiger partial charge in [-0.15, -0.1) is 0 Å². The number of rotatable bonds is 8. The third-order valence-electron chi connectivity index (χ3n) is 5.06. The van der Waals surface area contributed by atoms with E-state index in [9.17, 15) is 8.42 Å². The quantitative estimate of drug-likeness (QED) is 0.469. The van der Waals surface area contributed by atoms with E-state index >= 15 is 0 Å². The molecule has 1 aromatic heterocycles. The number of H-pyrrole nitrogens is 1. The summed E-state index contributed by atoms with van der Waals surface area (Å²) >= 11 is 0. The summed E-state index contributed by atoms with van der Waals surface area (Å²) < 4.78 is 32.0. The Morgan fingerprint density at radius 3 is 2.58 bits per heavy atom. The van der Waals surface area contributed by atoms with E-state index in [4.69, 9.17) is 4.74 Å². The maximum Gasteiger partial charge on any atom is 0.216 e. The summed E-state index contributed by atoms with van der Waals surface area (Å²) in [7, 11) is -1.58. The Morgan fingerprint density at radius 2 is 1.94 bits per heavy atom. The van der Waals surface area contributed by atoms with Crippen LogP contribution in [0.2, 0.25) is 0 Å². The lowest BCUT2D eigenvalue weighted by molar-refractivity contribution is 0.0904. The summed E-state index contributed by atoms with van der Waals surface area (Å²) in [6.07, 6.45) is 1.85. The fraction of sp³-hybridized carbons (Fsp3) is 0.524. The number of piperazine rings is 1. The molecule has 1 saturated heterocycles. The van der Waals surface area contributed by atoms with Crippen LogP contribution in [-0.2, 0) is 21.3 Å². The molecule has 1 aliphatic heterocycles. The van der Waals surface area contributed by atoms with Crippen molar-refractivity contribution in [3.05, 3.63) is 42.4 Å². The number of aromatic amines is 1. The maximum absolute atomic E-state index is 12.5. The van der Waals surface area contributed by atoms with Crippen LogP contribution in [0, 0.1) is 0 Å². The normalized spacial score (nSPS) is 16.1. The zero-order valence-electron chi connectivity index (χ0n) is 18.4. The first kappa shape index (κ1) is 23.2. The Bertz CT molecular complexity index is 951. The lowest BCUT2D eigenvalue weighted by Gasteiger charge is -2.35. The minimum Gasteiger partial charge on any atom is -0.378 e. The molecule has 0 bridgehead atoms. The van der Waals surface area contributed by atoms with E-state index in [1.165, 1.54) is 0 Å². The fourth-order valence-corrected chi connectivity index (χ4v) is 4.69. The first-order valence-corrected chi connectivity index (χ1v) is 12.1. The van der Waals surface area contributed by atoms with Crippen LogP contribution in [0.4, 0.5) is 0 Å². The van der Waals surface area contributed by atoms with Crippen LogP contribution in [0.15, 0.2) is 41.5 Å². The number of sulfonamides is 1. The van der Waals surface area contributed by atoms with E-state index in [1.807, 2.05) is 50.4 Å². The average molecular weight is 449 g/mol. The van der Waals surface area contributed by atoms with Gasteiger partial charge in [0.25, 0.3) is 0 Å². The number of nitrogens with one attached hydrogen (secondary N) is 2. The minimum absolute atomic E-state index is 0.0143. The zero-order valence-corrected chi connectivity index (χ0v) is 19.2. The van der Waals surface area contributed by atoms with Crippen molar-refractivity contribution >= 4 is 16.0 Å². The highest BCUT2D eigenvalue weighted by atomic mass is 32.2. The topological polar surface area (TPSA) is 103 Å². The van der Waals surface area contributed by atoms with Gasteiger partial charge in [0, 0.05) is 33.2 Å². The molecule has 0 radical (unpaired) electrons. The highest BCUT2D eigenvalue weighted by Crippen LogP contribution is 2.16. The minimum atomic E-state index is -3.31. The van der Waals surface area contributed by atoms with Crippen molar-refractivity contribution in [2.45, 2.75) is 26.5 Å². The van der Waals surface area contributed by atoms with E-state index in [1.54, 1.807) is 11.4 Å². The van der Waals surface area contributed by atoms with E-state index < -0.39 is 10.0 Å². The lowest BCUT2D eigenvalue weighted by Crippen LogP contribution is -2.54. The number of nitrogens with zero attached hydrogens (tertiary/aromatic N) is 4. The molecular formula is C21H32N6O3S. The Morgan fingerprint density at radius 1 is 1.23 bits per heavy atom. The molecule has 1 fully saturated rings. The first-order valence-electron chi connectivity index (χ1n) is 10.5. The zero-order chi connectivity index (χ0) is 22.3. The van der Waals surface area contributed by atoms with Crippen LogP contribution >= 0.6 is 0 Å². The summed E-state index contributed by atoms with van der Waals surface area (Å²) in [5.74, 6) is 1.56. The van der Waals surface area contributed by atoms with Gasteiger partial charge in [-0.05, 0) is 19.4 Å². The molecule has 1 aromatic carbocycles. The van der Waals surface area contributed by atoms with Gasteiger partial charge in [-0.25, -0.2) is 13.4 Å². The fourth-order valence-electron chi connectivity index (χ4n) is 3.41. The van der Waals surface area contributed by atoms with Crippen LogP contribution in [-0.4, -0.2) is 85.2 Å². The molecule has 0 amide bonds. The predicted octanol–water partition coefficient (Wildman–Crippen LogP) is 1.52. The van der Waals surface area contributed by atoms with Crippen molar-refractivity contribution in [1.82, 2.24) is 24.5 Å². The second kappa shape index (κ2) is 10.7. The molecule has 2 heterocycles. The van der Waals surface area contributed by atoms with Crippen molar-refractivity contribution in [1.29, 1.82) is 0 Å². The highest BCUT2D eigenvalue weighted by molar-refractivity contribution is 7.89. The Labute approximate surface area is 184 Å². The smallest absolute Gasteiger partial charge is 0.216 e. The molecule has 3 rings (SSSR count). The molecule has 2 aromatic rings. The third kappa shape index (κ3) is 6.52. The van der Waals surface area contributed by atoms with Gasteiger partial charge in [0.15, 0.2) is 5.96 Å². The molecule has 1 aliphatic rings. The Hall–Kier alpha value is -2.43. The summed E-state index contributed by atoms with van der Waals surface area (Å²) in [5.41, 5.74) is 2.05. The Kier molecular flexibility index (Phi) is 8.05. The number of ether oxygens (including phenoxy) is 1. The van der Waals surface area contributed by atoms with Gasteiger partial charge in [0.2, 0.25) is 10.0 Å². The molecule has 10 heteroatoms. The number of benzene rings is 1. The summed E-state index contributed by atoms with van der Waals surface area (Å²) in [5, 5.41) is 3.31. The molecule has 0 unspecified atom stereocenters. The van der Waals surface area contributed by atoms with Gasteiger partial charge in [-0.3, -0.25) is 4.99 Å². The molecule has 31 heavy (non-hydrogen) atoms. The van der Waals surface area contributed by atoms with Crippen LogP contribution in [0.3, 0.4) is 0 Å². The molecule has 9 nitrogen and oxygen atoms in total. The molecule has 0 aliphatic carbocycles. The van der Waals surface area contributed by atoms with Crippen molar-refractivity contribution in [2.24, 2.45) is 4.99 Å². The molecule has 2 N–H and O–H groups in total.